The molecule has 1 saturated heterocycles. The summed E-state index contributed by atoms with van der Waals surface area (Å²) in [6, 6.07) is 0. The molecule has 8 nitrogen and oxygen atoms in total. The minimum Gasteiger partial charge on any atom is -0.394 e. The van der Waals surface area contributed by atoms with Crippen LogP contribution in [0.1, 0.15) is 11.8 Å². The van der Waals surface area contributed by atoms with Gasteiger partial charge in [0, 0.05) is 11.8 Å². The Labute approximate surface area is 112 Å². The van der Waals surface area contributed by atoms with Gasteiger partial charge in [0.1, 0.15) is 23.0 Å². The molecule has 0 amide bonds. The third-order valence-corrected chi connectivity index (χ3v) is 3.37. The molecule has 1 aromatic rings. The summed E-state index contributed by atoms with van der Waals surface area (Å²) >= 11 is 4.85. The maximum atomic E-state index is 11.8. The highest BCUT2D eigenvalue weighted by Crippen LogP contribution is 2.28. The normalized spacial score (nSPS) is 30.7. The van der Waals surface area contributed by atoms with Crippen LogP contribution in [0.4, 0.5) is 0 Å². The van der Waals surface area contributed by atoms with Crippen LogP contribution in [0.5, 0.6) is 0 Å². The average Bonchev–Trinajstić information content (AvgIpc) is 2.67. The number of nitrogens with zero attached hydrogens (tertiary/aromatic N) is 1. The number of aliphatic hydroxyl groups is 4. The van der Waals surface area contributed by atoms with E-state index in [0.29, 0.717) is 0 Å². The molecule has 1 aliphatic rings. The van der Waals surface area contributed by atoms with Gasteiger partial charge < -0.3 is 25.2 Å². The molecule has 0 aliphatic carbocycles. The zero-order valence-corrected chi connectivity index (χ0v) is 10.6. The van der Waals surface area contributed by atoms with Crippen molar-refractivity contribution in [1.82, 2.24) is 9.55 Å². The highest BCUT2D eigenvalue weighted by Gasteiger charge is 2.43. The summed E-state index contributed by atoms with van der Waals surface area (Å²) in [6.07, 6.45) is -3.56. The van der Waals surface area contributed by atoms with E-state index in [1.54, 1.807) is 0 Å². The molecule has 4 atom stereocenters. The van der Waals surface area contributed by atoms with Gasteiger partial charge in [-0.15, -0.1) is 0 Å². The van der Waals surface area contributed by atoms with Crippen LogP contribution in [0.2, 0.25) is 0 Å². The van der Waals surface area contributed by atoms with Gasteiger partial charge in [-0.1, -0.05) is 12.2 Å². The third kappa shape index (κ3) is 2.48. The Bertz CT molecular complexity index is 570. The molecule has 2 rings (SSSR count). The molecule has 9 heteroatoms. The molecule has 0 saturated carbocycles. The zero-order valence-electron chi connectivity index (χ0n) is 9.76. The fourth-order valence-electron chi connectivity index (χ4n) is 1.94. The predicted octanol–water partition coefficient (Wildman–Crippen LogP) is -1.99. The molecule has 2 heterocycles. The fourth-order valence-corrected chi connectivity index (χ4v) is 2.14. The van der Waals surface area contributed by atoms with E-state index in [-0.39, 0.29) is 16.8 Å². The topological polar surface area (TPSA) is 128 Å². The van der Waals surface area contributed by atoms with Crippen LogP contribution in [-0.2, 0) is 11.3 Å². The molecule has 4 unspecified atom stereocenters. The van der Waals surface area contributed by atoms with Crippen molar-refractivity contribution < 1.29 is 25.2 Å². The molecule has 106 valence electrons. The Hall–Kier alpha value is -1.10. The van der Waals surface area contributed by atoms with Gasteiger partial charge in [0.05, 0.1) is 13.2 Å². The zero-order chi connectivity index (χ0) is 14.2. The van der Waals surface area contributed by atoms with Crippen molar-refractivity contribution in [2.24, 2.45) is 0 Å². The first kappa shape index (κ1) is 14.3. The number of aromatic amines is 1. The van der Waals surface area contributed by atoms with Gasteiger partial charge >= 0.3 is 5.69 Å². The molecule has 5 N–H and O–H groups in total. The first-order valence-electron chi connectivity index (χ1n) is 5.57. The van der Waals surface area contributed by atoms with Crippen molar-refractivity contribution in [1.29, 1.82) is 0 Å². The van der Waals surface area contributed by atoms with Crippen LogP contribution in [0.25, 0.3) is 0 Å². The van der Waals surface area contributed by atoms with E-state index in [0.717, 1.165) is 4.57 Å². The van der Waals surface area contributed by atoms with Crippen molar-refractivity contribution in [3.63, 3.8) is 0 Å². The number of hydrogen-bond donors (Lipinski definition) is 5. The van der Waals surface area contributed by atoms with Crippen molar-refractivity contribution >= 4 is 12.2 Å². The van der Waals surface area contributed by atoms with Crippen molar-refractivity contribution in [2.75, 3.05) is 6.61 Å². The summed E-state index contributed by atoms with van der Waals surface area (Å²) in [5.41, 5.74) is -0.357. The molecule has 0 bridgehead atoms. The van der Waals surface area contributed by atoms with E-state index in [2.05, 4.69) is 4.98 Å². The second-order valence-corrected chi connectivity index (χ2v) is 4.62. The maximum absolute atomic E-state index is 11.8. The lowest BCUT2D eigenvalue weighted by Gasteiger charge is -2.18. The third-order valence-electron chi connectivity index (χ3n) is 3.00. The van der Waals surface area contributed by atoms with Crippen LogP contribution >= 0.6 is 12.2 Å². The van der Waals surface area contributed by atoms with Crippen LogP contribution in [0.15, 0.2) is 11.0 Å². The van der Waals surface area contributed by atoms with Crippen LogP contribution in [-0.4, -0.2) is 54.9 Å². The minimum absolute atomic E-state index is 0.0930. The molecular weight excluding hydrogens is 276 g/mol. The lowest BCUT2D eigenvalue weighted by Crippen LogP contribution is -2.36. The number of aromatic nitrogens is 2. The Morgan fingerprint density at radius 3 is 2.58 bits per heavy atom. The molecule has 0 spiro atoms. The lowest BCUT2D eigenvalue weighted by molar-refractivity contribution is -0.0552. The number of hydrogen-bond acceptors (Lipinski definition) is 7. The van der Waals surface area contributed by atoms with Crippen LogP contribution < -0.4 is 5.69 Å². The van der Waals surface area contributed by atoms with E-state index in [9.17, 15) is 15.0 Å². The number of aliphatic hydroxyl groups excluding tert-OH is 4. The lowest BCUT2D eigenvalue weighted by atomic mass is 10.1. The van der Waals surface area contributed by atoms with Crippen molar-refractivity contribution in [3.05, 3.63) is 26.9 Å². The summed E-state index contributed by atoms with van der Waals surface area (Å²) in [7, 11) is 0. The van der Waals surface area contributed by atoms with Crippen LogP contribution in [0.3, 0.4) is 0 Å². The number of ether oxygens (including phenoxy) is 1. The van der Waals surface area contributed by atoms with Crippen molar-refractivity contribution in [2.45, 2.75) is 31.1 Å². The second-order valence-electron chi connectivity index (χ2n) is 4.21. The van der Waals surface area contributed by atoms with E-state index in [1.807, 2.05) is 0 Å². The smallest absolute Gasteiger partial charge is 0.328 e. The maximum Gasteiger partial charge on any atom is 0.328 e. The van der Waals surface area contributed by atoms with Gasteiger partial charge in [0.15, 0.2) is 6.23 Å². The van der Waals surface area contributed by atoms with E-state index in [1.165, 1.54) is 6.20 Å². The summed E-state index contributed by atoms with van der Waals surface area (Å²) in [5, 5.41) is 37.5. The minimum atomic E-state index is -1.37. The number of rotatable bonds is 3. The average molecular weight is 290 g/mol. The van der Waals surface area contributed by atoms with Gasteiger partial charge in [0.25, 0.3) is 0 Å². The number of nitrogens with one attached hydrogen (secondary N) is 1. The summed E-state index contributed by atoms with van der Waals surface area (Å²) in [6.45, 7) is -0.871. The second kappa shape index (κ2) is 5.49. The Morgan fingerprint density at radius 1 is 1.37 bits per heavy atom. The summed E-state index contributed by atoms with van der Waals surface area (Å²) in [4.78, 5) is 14.1. The van der Waals surface area contributed by atoms with Gasteiger partial charge in [-0.3, -0.25) is 9.55 Å². The monoisotopic (exact) mass is 290 g/mol. The van der Waals surface area contributed by atoms with Gasteiger partial charge in [-0.05, 0) is 0 Å². The number of H-pyrrole nitrogens is 1. The quantitative estimate of drug-likeness (QED) is 0.408. The highest BCUT2D eigenvalue weighted by molar-refractivity contribution is 7.71. The van der Waals surface area contributed by atoms with Gasteiger partial charge in [0.2, 0.25) is 0 Å². The fraction of sp³-hybridized carbons (Fsp3) is 0.600. The first-order chi connectivity index (χ1) is 8.99. The van der Waals surface area contributed by atoms with E-state index >= 15 is 0 Å². The van der Waals surface area contributed by atoms with Gasteiger partial charge in [-0.25, -0.2) is 4.79 Å². The van der Waals surface area contributed by atoms with Crippen LogP contribution in [0, 0.1) is 4.64 Å². The largest absolute Gasteiger partial charge is 0.394 e. The summed E-state index contributed by atoms with van der Waals surface area (Å²) < 4.78 is 6.30. The molecule has 19 heavy (non-hydrogen) atoms. The predicted molar refractivity (Wildman–Crippen MR) is 64.8 cm³/mol. The standard InChI is InChI=1S/C10H14N2O6S/c13-2-4-1-12(10(17)11-8(4)19)9-7(16)6(15)5(3-14)18-9/h1,5-7,9,13-16H,2-3H2,(H,11,17,19). The molecular formula is C10H14N2O6S. The first-order valence-corrected chi connectivity index (χ1v) is 5.98. The van der Waals surface area contributed by atoms with E-state index < -0.39 is 36.8 Å². The molecule has 1 aliphatic heterocycles. The van der Waals surface area contributed by atoms with Gasteiger partial charge in [-0.2, -0.15) is 0 Å². The summed E-state index contributed by atoms with van der Waals surface area (Å²) in [5.74, 6) is 0. The Morgan fingerprint density at radius 2 is 2.05 bits per heavy atom. The SMILES string of the molecule is O=c1[nH]c(=S)c(CO)cn1C1OC(CO)C(O)C1O. The molecule has 0 aromatic carbocycles. The Balaban J connectivity index is 2.43. The highest BCUT2D eigenvalue weighted by atomic mass is 32.1. The van der Waals surface area contributed by atoms with Crippen molar-refractivity contribution in [3.8, 4) is 0 Å². The molecule has 1 aromatic heterocycles. The Kier molecular flexibility index (Phi) is 4.13. The molecule has 1 fully saturated rings. The van der Waals surface area contributed by atoms with E-state index in [4.69, 9.17) is 27.2 Å². The molecule has 0 radical (unpaired) electrons.